The molecule has 0 saturated carbocycles. The first-order valence-corrected chi connectivity index (χ1v) is 6.91. The van der Waals surface area contributed by atoms with Crippen molar-refractivity contribution in [3.63, 3.8) is 0 Å². The lowest BCUT2D eigenvalue weighted by Gasteiger charge is -2.20. The van der Waals surface area contributed by atoms with Crippen LogP contribution >= 0.6 is 15.9 Å². The minimum Gasteiger partial charge on any atom is -0.495 e. The third kappa shape index (κ3) is 5.20. The van der Waals surface area contributed by atoms with Gasteiger partial charge in [-0.1, -0.05) is 15.9 Å². The molecule has 0 fully saturated rings. The van der Waals surface area contributed by atoms with E-state index in [0.29, 0.717) is 11.4 Å². The minimum absolute atomic E-state index is 0.0846. The van der Waals surface area contributed by atoms with Crippen molar-refractivity contribution in [3.05, 3.63) is 22.2 Å². The summed E-state index contributed by atoms with van der Waals surface area (Å²) >= 11 is 3.41. The summed E-state index contributed by atoms with van der Waals surface area (Å²) < 4.78 is 6.21. The highest BCUT2D eigenvalue weighted by Gasteiger charge is 2.14. The third-order valence-corrected chi connectivity index (χ3v) is 2.99. The second-order valence-electron chi connectivity index (χ2n) is 5.45. The van der Waals surface area contributed by atoms with E-state index >= 15 is 0 Å². The molecular formula is C14H21BrN2O2. The van der Waals surface area contributed by atoms with E-state index in [1.165, 1.54) is 0 Å². The van der Waals surface area contributed by atoms with E-state index in [4.69, 9.17) is 4.74 Å². The van der Waals surface area contributed by atoms with Gasteiger partial charge in [-0.05, 0) is 45.4 Å². The van der Waals surface area contributed by atoms with Gasteiger partial charge in [0.2, 0.25) is 5.91 Å². The number of rotatable bonds is 4. The summed E-state index contributed by atoms with van der Waals surface area (Å²) in [7, 11) is 1.59. The number of methoxy groups -OCH3 is 1. The molecule has 0 unspecified atom stereocenters. The Morgan fingerprint density at radius 1 is 1.37 bits per heavy atom. The SMILES string of the molecule is COc1cc(Br)cc(C)c1NC(=O)CNC(C)(C)C. The maximum absolute atomic E-state index is 11.9. The maximum atomic E-state index is 11.9. The molecule has 4 nitrogen and oxygen atoms in total. The van der Waals surface area contributed by atoms with E-state index in [2.05, 4.69) is 26.6 Å². The van der Waals surface area contributed by atoms with Gasteiger partial charge in [-0.2, -0.15) is 0 Å². The maximum Gasteiger partial charge on any atom is 0.238 e. The Hall–Kier alpha value is -1.07. The fourth-order valence-corrected chi connectivity index (χ4v) is 2.11. The van der Waals surface area contributed by atoms with Crippen molar-refractivity contribution in [2.24, 2.45) is 0 Å². The standard InChI is InChI=1S/C14H21BrN2O2/c1-9-6-10(15)7-11(19-5)13(9)17-12(18)8-16-14(2,3)4/h6-7,16H,8H2,1-5H3,(H,17,18). The molecule has 0 spiro atoms. The zero-order valence-electron chi connectivity index (χ0n) is 12.1. The summed E-state index contributed by atoms with van der Waals surface area (Å²) in [5.74, 6) is 0.564. The normalized spacial score (nSPS) is 11.3. The molecule has 0 radical (unpaired) electrons. The molecule has 0 aliphatic rings. The Labute approximate surface area is 123 Å². The number of carbonyl (C=O) groups is 1. The number of carbonyl (C=O) groups excluding carboxylic acids is 1. The van der Waals surface area contributed by atoms with Crippen LogP contribution in [0.15, 0.2) is 16.6 Å². The molecule has 0 bridgehead atoms. The zero-order valence-corrected chi connectivity index (χ0v) is 13.6. The number of anilines is 1. The van der Waals surface area contributed by atoms with Gasteiger partial charge in [0.1, 0.15) is 5.75 Å². The van der Waals surface area contributed by atoms with Crippen molar-refractivity contribution >= 4 is 27.5 Å². The van der Waals surface area contributed by atoms with Crippen LogP contribution in [-0.4, -0.2) is 25.1 Å². The van der Waals surface area contributed by atoms with Crippen molar-refractivity contribution in [2.45, 2.75) is 33.2 Å². The molecule has 1 rings (SSSR count). The number of nitrogens with one attached hydrogen (secondary N) is 2. The Morgan fingerprint density at radius 2 is 2.00 bits per heavy atom. The van der Waals surface area contributed by atoms with Crippen LogP contribution in [0.4, 0.5) is 5.69 Å². The number of benzene rings is 1. The van der Waals surface area contributed by atoms with E-state index in [0.717, 1.165) is 10.0 Å². The summed E-state index contributed by atoms with van der Waals surface area (Å²) in [6.07, 6.45) is 0. The van der Waals surface area contributed by atoms with Crippen LogP contribution < -0.4 is 15.4 Å². The smallest absolute Gasteiger partial charge is 0.238 e. The lowest BCUT2D eigenvalue weighted by atomic mass is 10.1. The first-order chi connectivity index (χ1) is 8.73. The summed E-state index contributed by atoms with van der Waals surface area (Å²) in [6.45, 7) is 8.26. The van der Waals surface area contributed by atoms with Crippen molar-refractivity contribution in [3.8, 4) is 5.75 Å². The van der Waals surface area contributed by atoms with E-state index in [1.54, 1.807) is 7.11 Å². The van der Waals surface area contributed by atoms with E-state index < -0.39 is 0 Å². The fraction of sp³-hybridized carbons (Fsp3) is 0.500. The number of aryl methyl sites for hydroxylation is 1. The lowest BCUT2D eigenvalue weighted by Crippen LogP contribution is -2.41. The van der Waals surface area contributed by atoms with Crippen LogP contribution in [0.2, 0.25) is 0 Å². The predicted molar refractivity (Wildman–Crippen MR) is 81.8 cm³/mol. The van der Waals surface area contributed by atoms with Crippen LogP contribution in [0.25, 0.3) is 0 Å². The molecule has 0 saturated heterocycles. The van der Waals surface area contributed by atoms with Gasteiger partial charge in [-0.3, -0.25) is 4.79 Å². The van der Waals surface area contributed by atoms with E-state index in [9.17, 15) is 4.79 Å². The molecule has 0 heterocycles. The van der Waals surface area contributed by atoms with Crippen LogP contribution in [0.5, 0.6) is 5.75 Å². The highest BCUT2D eigenvalue weighted by molar-refractivity contribution is 9.10. The van der Waals surface area contributed by atoms with Gasteiger partial charge in [-0.15, -0.1) is 0 Å². The molecular weight excluding hydrogens is 308 g/mol. The minimum atomic E-state index is -0.0871. The average Bonchev–Trinajstić information content (AvgIpc) is 2.28. The van der Waals surface area contributed by atoms with Crippen molar-refractivity contribution < 1.29 is 9.53 Å². The van der Waals surface area contributed by atoms with Gasteiger partial charge in [0, 0.05) is 10.0 Å². The Morgan fingerprint density at radius 3 is 2.53 bits per heavy atom. The molecule has 1 amide bonds. The molecule has 0 aliphatic heterocycles. The molecule has 19 heavy (non-hydrogen) atoms. The van der Waals surface area contributed by atoms with Gasteiger partial charge in [-0.25, -0.2) is 0 Å². The second kappa shape index (κ2) is 6.39. The third-order valence-electron chi connectivity index (χ3n) is 2.53. The van der Waals surface area contributed by atoms with E-state index in [1.807, 2.05) is 39.8 Å². The summed E-state index contributed by atoms with van der Waals surface area (Å²) in [6, 6.07) is 3.77. The molecule has 106 valence electrons. The number of hydrogen-bond donors (Lipinski definition) is 2. The largest absolute Gasteiger partial charge is 0.495 e. The van der Waals surface area contributed by atoms with Gasteiger partial charge in [0.25, 0.3) is 0 Å². The van der Waals surface area contributed by atoms with Crippen LogP contribution in [0.3, 0.4) is 0 Å². The van der Waals surface area contributed by atoms with Crippen LogP contribution in [0, 0.1) is 6.92 Å². The quantitative estimate of drug-likeness (QED) is 0.892. The molecule has 5 heteroatoms. The number of halogens is 1. The monoisotopic (exact) mass is 328 g/mol. The van der Waals surface area contributed by atoms with E-state index in [-0.39, 0.29) is 18.0 Å². The first kappa shape index (κ1) is 16.0. The molecule has 0 aliphatic carbocycles. The predicted octanol–water partition coefficient (Wildman–Crippen LogP) is 3.09. The topological polar surface area (TPSA) is 50.4 Å². The van der Waals surface area contributed by atoms with Gasteiger partial charge in [0.15, 0.2) is 0 Å². The fourth-order valence-electron chi connectivity index (χ4n) is 1.56. The molecule has 0 aromatic heterocycles. The Kier molecular flexibility index (Phi) is 5.38. The summed E-state index contributed by atoms with van der Waals surface area (Å²) in [5, 5.41) is 6.03. The average molecular weight is 329 g/mol. The summed E-state index contributed by atoms with van der Waals surface area (Å²) in [4.78, 5) is 11.9. The molecule has 2 N–H and O–H groups in total. The highest BCUT2D eigenvalue weighted by atomic mass is 79.9. The molecule has 0 atom stereocenters. The highest BCUT2D eigenvalue weighted by Crippen LogP contribution is 2.31. The van der Waals surface area contributed by atoms with Crippen molar-refractivity contribution in [1.29, 1.82) is 0 Å². The molecule has 1 aromatic rings. The number of amides is 1. The summed E-state index contributed by atoms with van der Waals surface area (Å²) in [5.41, 5.74) is 1.58. The van der Waals surface area contributed by atoms with Crippen molar-refractivity contribution in [2.75, 3.05) is 19.0 Å². The lowest BCUT2D eigenvalue weighted by molar-refractivity contribution is -0.115. The Bertz CT molecular complexity index is 467. The zero-order chi connectivity index (χ0) is 14.6. The van der Waals surface area contributed by atoms with Crippen LogP contribution in [0.1, 0.15) is 26.3 Å². The number of ether oxygens (including phenoxy) is 1. The second-order valence-corrected chi connectivity index (χ2v) is 6.37. The van der Waals surface area contributed by atoms with Crippen LogP contribution in [-0.2, 0) is 4.79 Å². The van der Waals surface area contributed by atoms with Gasteiger partial charge >= 0.3 is 0 Å². The number of hydrogen-bond acceptors (Lipinski definition) is 3. The first-order valence-electron chi connectivity index (χ1n) is 6.12. The molecule has 1 aromatic carbocycles. The van der Waals surface area contributed by atoms with Crippen molar-refractivity contribution in [1.82, 2.24) is 5.32 Å². The Balaban J connectivity index is 2.79. The van der Waals surface area contributed by atoms with Gasteiger partial charge < -0.3 is 15.4 Å². The van der Waals surface area contributed by atoms with Gasteiger partial charge in [0.05, 0.1) is 19.3 Å².